The Morgan fingerprint density at radius 3 is 3.14 bits per heavy atom. The number of aromatic nitrogens is 1. The normalized spacial score (nSPS) is 48.7. The average molecular weight is 203 g/mol. The van der Waals surface area contributed by atoms with Gasteiger partial charge in [-0.25, -0.2) is 0 Å². The molecule has 1 aromatic heterocycles. The average Bonchev–Trinajstić information content (AvgIpc) is 2.45. The van der Waals surface area contributed by atoms with Crippen molar-refractivity contribution in [2.24, 2.45) is 5.89 Å². The molecule has 0 atom stereocenters. The molecule has 3 nitrogen and oxygen atoms in total. The number of nitrogen functional groups attached to an aromatic ring is 1. The summed E-state index contributed by atoms with van der Waals surface area (Å²) in [6, 6.07) is 1.06. The Morgan fingerprint density at radius 1 is 1.71 bits per heavy atom. The van der Waals surface area contributed by atoms with Crippen LogP contribution in [0.25, 0.3) is 0 Å². The zero-order valence-corrected chi connectivity index (χ0v) is 7.20. The van der Waals surface area contributed by atoms with Crippen molar-refractivity contribution in [2.45, 2.75) is 19.6 Å². The maximum Gasteiger partial charge on any atom is 0.0738 e. The van der Waals surface area contributed by atoms with Gasteiger partial charge in [0.2, 0.25) is 0 Å². The van der Waals surface area contributed by atoms with E-state index in [0.717, 1.165) is 18.5 Å². The van der Waals surface area contributed by atoms with Crippen LogP contribution >= 0.6 is 0 Å². The molecule has 0 aromatic carbocycles. The summed E-state index contributed by atoms with van der Waals surface area (Å²) in [6.45, 7) is -10.5. The van der Waals surface area contributed by atoms with Crippen molar-refractivity contribution in [1.82, 2.24) is 4.98 Å². The minimum atomic E-state index is -3.75. The lowest BCUT2D eigenvalue weighted by Gasteiger charge is -2.32. The Morgan fingerprint density at radius 2 is 2.50 bits per heavy atom. The molecule has 0 bridgehead atoms. The van der Waals surface area contributed by atoms with Crippen molar-refractivity contribution in [3.63, 3.8) is 0 Å². The van der Waals surface area contributed by atoms with Crippen LogP contribution in [0.1, 0.15) is 36.0 Å². The number of piperidine rings is 1. The van der Waals surface area contributed by atoms with E-state index in [1.165, 1.54) is 0 Å². The second-order valence-corrected chi connectivity index (χ2v) is 2.62. The number of hydrogen-bond donors (Lipinski definition) is 1. The maximum absolute atomic E-state index is 8.15. The van der Waals surface area contributed by atoms with E-state index in [2.05, 4.69) is 4.98 Å². The topological polar surface area (TPSA) is 42.2 Å². The largest absolute Gasteiger partial charge is 0.396 e. The van der Waals surface area contributed by atoms with Gasteiger partial charge in [-0.1, -0.05) is 6.85 Å². The quantitative estimate of drug-likeness (QED) is 0.758. The Bertz CT molecular complexity index is 685. The third-order valence-corrected chi connectivity index (χ3v) is 1.65. The van der Waals surface area contributed by atoms with E-state index in [9.17, 15) is 0 Å². The van der Waals surface area contributed by atoms with Crippen molar-refractivity contribution < 1.29 is 16.4 Å². The summed E-state index contributed by atoms with van der Waals surface area (Å²) in [5.41, 5.74) is 5.01. The van der Waals surface area contributed by atoms with Gasteiger partial charge in [-0.2, -0.15) is 0 Å². The molecule has 0 unspecified atom stereocenters. The molecule has 1 saturated heterocycles. The van der Waals surface area contributed by atoms with E-state index in [1.807, 2.05) is 0 Å². The van der Waals surface area contributed by atoms with Gasteiger partial charge in [0.15, 0.2) is 0 Å². The van der Waals surface area contributed by atoms with Gasteiger partial charge in [-0.3, -0.25) is 4.98 Å². The molecule has 76 valence electrons. The lowest BCUT2D eigenvalue weighted by molar-refractivity contribution is 0.438. The number of rotatable bonds is 1. The van der Waals surface area contributed by atoms with Crippen LogP contribution in [0.4, 0.5) is 11.4 Å². The predicted octanol–water partition coefficient (Wildman–Crippen LogP) is 1.90. The molecule has 3 heteroatoms. The highest BCUT2D eigenvalue weighted by Gasteiger charge is 2.17. The standard InChI is InChI=1S/C11H17N3/c1-9-3-6-14(7-4-9)11-2-5-13-8-10(11)12/h2,5,8-9H,3-4,6-7,12H2,1H3/i1D3,3D2,4D2,6D2,7D2,9D. The summed E-state index contributed by atoms with van der Waals surface area (Å²) in [4.78, 5) is 3.79. The smallest absolute Gasteiger partial charge is 0.0738 e. The molecular formula is C11H17N3. The molecule has 0 radical (unpaired) electrons. The van der Waals surface area contributed by atoms with Gasteiger partial charge in [0.05, 0.1) is 17.6 Å². The van der Waals surface area contributed by atoms with Crippen molar-refractivity contribution in [3.8, 4) is 0 Å². The zero-order valence-electron chi connectivity index (χ0n) is 19.2. The third-order valence-electron chi connectivity index (χ3n) is 1.65. The SMILES string of the molecule is [2H]C([2H])([2H])C1([2H])C([2H])([2H])C([2H])([2H])N(c2ccncc2N)C([2H])([2H])C1([2H])[2H]. The van der Waals surface area contributed by atoms with Crippen LogP contribution in [0.5, 0.6) is 0 Å². The van der Waals surface area contributed by atoms with Crippen LogP contribution in [0, 0.1) is 5.89 Å². The first-order valence-corrected chi connectivity index (χ1v) is 3.89. The summed E-state index contributed by atoms with van der Waals surface area (Å²) in [6.07, 6.45) is -5.15. The third kappa shape index (κ3) is 1.81. The molecule has 1 aromatic rings. The Labute approximate surface area is 102 Å². The summed E-state index contributed by atoms with van der Waals surface area (Å²) in [5, 5.41) is 0. The summed E-state index contributed by atoms with van der Waals surface area (Å²) >= 11 is 0. The van der Waals surface area contributed by atoms with Crippen LogP contribution in [0.2, 0.25) is 0 Å². The first-order chi connectivity index (χ1) is 11.4. The lowest BCUT2D eigenvalue weighted by atomic mass is 9.99. The van der Waals surface area contributed by atoms with Gasteiger partial charge < -0.3 is 10.6 Å². The van der Waals surface area contributed by atoms with Gasteiger partial charge in [-0.05, 0) is 24.7 Å². The van der Waals surface area contributed by atoms with Gasteiger partial charge >= 0.3 is 0 Å². The Hall–Kier alpha value is -1.25. The Kier molecular flexibility index (Phi) is 0.732. The van der Waals surface area contributed by atoms with Gasteiger partial charge in [-0.15, -0.1) is 0 Å². The highest BCUT2D eigenvalue weighted by molar-refractivity contribution is 5.66. The molecule has 1 aliphatic rings. The molecule has 1 fully saturated rings. The highest BCUT2D eigenvalue weighted by atomic mass is 15.1. The fourth-order valence-corrected chi connectivity index (χ4v) is 1.01. The maximum atomic E-state index is 8.15. The zero-order chi connectivity index (χ0) is 20.6. The summed E-state index contributed by atoms with van der Waals surface area (Å²) in [5.74, 6) is -3.75. The monoisotopic (exact) mass is 203 g/mol. The summed E-state index contributed by atoms with van der Waals surface area (Å²) in [7, 11) is 0. The molecule has 0 amide bonds. The fourth-order valence-electron chi connectivity index (χ4n) is 1.01. The van der Waals surface area contributed by atoms with Crippen LogP contribution in [-0.4, -0.2) is 18.0 Å². The number of nitrogens with two attached hydrogens (primary N) is 1. The van der Waals surface area contributed by atoms with Crippen LogP contribution in [0.3, 0.4) is 0 Å². The molecule has 2 rings (SSSR count). The van der Waals surface area contributed by atoms with E-state index in [0.29, 0.717) is 0 Å². The predicted molar refractivity (Wildman–Crippen MR) is 59.3 cm³/mol. The molecular weight excluding hydrogens is 174 g/mol. The first-order valence-electron chi connectivity index (χ1n) is 9.89. The van der Waals surface area contributed by atoms with Crippen LogP contribution in [-0.2, 0) is 0 Å². The molecule has 0 aliphatic carbocycles. The molecule has 2 N–H and O–H groups in total. The minimum absolute atomic E-state index is 0.121. The summed E-state index contributed by atoms with van der Waals surface area (Å²) < 4.78 is 95.4. The lowest BCUT2D eigenvalue weighted by Crippen LogP contribution is -2.33. The number of pyridine rings is 1. The Balaban J connectivity index is 2.92. The van der Waals surface area contributed by atoms with Crippen LogP contribution in [0.15, 0.2) is 18.5 Å². The van der Waals surface area contributed by atoms with Crippen LogP contribution < -0.4 is 10.6 Å². The van der Waals surface area contributed by atoms with Crippen molar-refractivity contribution in [2.75, 3.05) is 23.6 Å². The van der Waals surface area contributed by atoms with E-state index in [-0.39, 0.29) is 10.6 Å². The molecule has 14 heavy (non-hydrogen) atoms. The molecule has 2 heterocycles. The van der Waals surface area contributed by atoms with Crippen molar-refractivity contribution in [3.05, 3.63) is 18.5 Å². The molecule has 1 aliphatic heterocycles. The second kappa shape index (κ2) is 3.86. The second-order valence-electron chi connectivity index (χ2n) is 2.62. The molecule has 0 saturated carbocycles. The van der Waals surface area contributed by atoms with Crippen molar-refractivity contribution >= 4 is 11.4 Å². The highest BCUT2D eigenvalue weighted by Crippen LogP contribution is 2.26. The number of anilines is 2. The van der Waals surface area contributed by atoms with Gasteiger partial charge in [0, 0.05) is 35.6 Å². The fraction of sp³-hybridized carbons (Fsp3) is 0.545. The number of nitrogens with zero attached hydrogens (tertiary/aromatic N) is 2. The van der Waals surface area contributed by atoms with Gasteiger partial charge in [0.25, 0.3) is 0 Å². The van der Waals surface area contributed by atoms with E-state index < -0.39 is 44.2 Å². The molecule has 0 spiro atoms. The number of hydrogen-bond acceptors (Lipinski definition) is 3. The van der Waals surface area contributed by atoms with Gasteiger partial charge in [0.1, 0.15) is 0 Å². The van der Waals surface area contributed by atoms with E-state index >= 15 is 0 Å². The van der Waals surface area contributed by atoms with Crippen molar-refractivity contribution in [1.29, 1.82) is 0 Å². The first kappa shape index (κ1) is 2.65. The minimum Gasteiger partial charge on any atom is -0.396 e. The van der Waals surface area contributed by atoms with E-state index in [4.69, 9.17) is 22.2 Å². The van der Waals surface area contributed by atoms with E-state index in [1.54, 1.807) is 0 Å².